The molecule has 0 radical (unpaired) electrons. The number of carbonyl (C=O) groups is 2. The van der Waals surface area contributed by atoms with Gasteiger partial charge in [-0.15, -0.1) is 0 Å². The third kappa shape index (κ3) is 2.03. The lowest BCUT2D eigenvalue weighted by molar-refractivity contribution is -0.127. The highest BCUT2D eigenvalue weighted by Gasteiger charge is 2.58. The van der Waals surface area contributed by atoms with E-state index >= 15 is 0 Å². The minimum atomic E-state index is -0.711. The van der Waals surface area contributed by atoms with Crippen molar-refractivity contribution in [3.8, 4) is 11.3 Å². The van der Waals surface area contributed by atoms with Crippen LogP contribution in [0.4, 0.5) is 9.18 Å². The van der Waals surface area contributed by atoms with Crippen molar-refractivity contribution < 1.29 is 14.0 Å². The van der Waals surface area contributed by atoms with Gasteiger partial charge in [0.25, 0.3) is 5.91 Å². The average molecular weight is 314 g/mol. The minimum Gasteiger partial charge on any atom is -0.340 e. The normalized spacial score (nSPS) is 19.1. The topological polar surface area (TPSA) is 78.1 Å². The summed E-state index contributed by atoms with van der Waals surface area (Å²) in [7, 11) is 0. The number of urea groups is 1. The maximum Gasteiger partial charge on any atom is 0.325 e. The number of aryl methyl sites for hydroxylation is 1. The second-order valence-electron chi connectivity index (χ2n) is 6.05. The first-order chi connectivity index (χ1) is 11.0. The number of imide groups is 1. The Morgan fingerprint density at radius 2 is 2.09 bits per heavy atom. The van der Waals surface area contributed by atoms with Gasteiger partial charge in [0, 0.05) is 5.56 Å². The zero-order valence-corrected chi connectivity index (χ0v) is 12.5. The molecule has 4 rings (SSSR count). The standard InChI is InChI=1S/C16H15FN4O2/c1-9-2-3-10(11(17)6-9)12-7-18-14(20-12)16(4-5-16)21-13(22)8-19-15(21)23/h2-3,6-7H,4-5,8H2,1H3,(H,18,20)(H,19,23). The molecular formula is C16H15FN4O2. The Morgan fingerprint density at radius 1 is 1.30 bits per heavy atom. The largest absolute Gasteiger partial charge is 0.340 e. The smallest absolute Gasteiger partial charge is 0.325 e. The van der Waals surface area contributed by atoms with Crippen LogP contribution in [-0.4, -0.2) is 33.4 Å². The molecule has 2 aromatic rings. The average Bonchev–Trinajstić information content (AvgIpc) is 2.99. The summed E-state index contributed by atoms with van der Waals surface area (Å²) in [6.45, 7) is 1.84. The van der Waals surface area contributed by atoms with Crippen molar-refractivity contribution in [2.75, 3.05) is 6.54 Å². The maximum absolute atomic E-state index is 14.1. The van der Waals surface area contributed by atoms with Gasteiger partial charge in [-0.25, -0.2) is 19.1 Å². The fourth-order valence-electron chi connectivity index (χ4n) is 3.07. The fourth-order valence-corrected chi connectivity index (χ4v) is 3.07. The van der Waals surface area contributed by atoms with Gasteiger partial charge in [-0.1, -0.05) is 6.07 Å². The molecule has 6 nitrogen and oxygen atoms in total. The van der Waals surface area contributed by atoms with Crippen molar-refractivity contribution in [2.45, 2.75) is 25.3 Å². The number of hydrogen-bond donors (Lipinski definition) is 2. The molecule has 1 saturated heterocycles. The number of H-pyrrole nitrogens is 1. The molecule has 1 aromatic carbocycles. The van der Waals surface area contributed by atoms with Crippen LogP contribution in [0.2, 0.25) is 0 Å². The van der Waals surface area contributed by atoms with E-state index in [4.69, 9.17) is 0 Å². The summed E-state index contributed by atoms with van der Waals surface area (Å²) < 4.78 is 14.1. The molecule has 0 unspecified atom stereocenters. The van der Waals surface area contributed by atoms with Crippen LogP contribution in [-0.2, 0) is 10.3 Å². The first-order valence-corrected chi connectivity index (χ1v) is 7.44. The van der Waals surface area contributed by atoms with Crippen molar-refractivity contribution in [1.82, 2.24) is 20.2 Å². The molecule has 0 spiro atoms. The Morgan fingerprint density at radius 3 is 2.70 bits per heavy atom. The molecule has 2 aliphatic rings. The van der Waals surface area contributed by atoms with Crippen LogP contribution in [0.1, 0.15) is 24.2 Å². The summed E-state index contributed by atoms with van der Waals surface area (Å²) >= 11 is 0. The molecule has 1 aliphatic heterocycles. The van der Waals surface area contributed by atoms with Crippen LogP contribution in [0.5, 0.6) is 0 Å². The summed E-state index contributed by atoms with van der Waals surface area (Å²) in [5.41, 5.74) is 1.08. The van der Waals surface area contributed by atoms with Gasteiger partial charge in [-0.05, 0) is 37.5 Å². The van der Waals surface area contributed by atoms with Gasteiger partial charge in [-0.2, -0.15) is 0 Å². The van der Waals surface area contributed by atoms with E-state index in [1.165, 1.54) is 11.0 Å². The van der Waals surface area contributed by atoms with Gasteiger partial charge < -0.3 is 10.3 Å². The molecule has 1 aromatic heterocycles. The number of halogens is 1. The number of amides is 3. The number of aromatic nitrogens is 2. The maximum atomic E-state index is 14.1. The number of nitrogens with zero attached hydrogens (tertiary/aromatic N) is 2. The van der Waals surface area contributed by atoms with E-state index in [9.17, 15) is 14.0 Å². The number of benzene rings is 1. The predicted molar refractivity (Wildman–Crippen MR) is 79.9 cm³/mol. The summed E-state index contributed by atoms with van der Waals surface area (Å²) in [6, 6.07) is 4.57. The van der Waals surface area contributed by atoms with Gasteiger partial charge in [0.05, 0.1) is 18.4 Å². The van der Waals surface area contributed by atoms with E-state index in [1.807, 2.05) is 13.0 Å². The number of hydrogen-bond acceptors (Lipinski definition) is 3. The van der Waals surface area contributed by atoms with Crippen LogP contribution in [0.25, 0.3) is 11.3 Å². The zero-order chi connectivity index (χ0) is 16.2. The van der Waals surface area contributed by atoms with Gasteiger partial charge in [0.1, 0.15) is 17.2 Å². The van der Waals surface area contributed by atoms with E-state index < -0.39 is 11.6 Å². The lowest BCUT2D eigenvalue weighted by Gasteiger charge is -2.22. The van der Waals surface area contributed by atoms with E-state index in [0.717, 1.165) is 5.56 Å². The van der Waals surface area contributed by atoms with Crippen LogP contribution < -0.4 is 5.32 Å². The number of rotatable bonds is 3. The van der Waals surface area contributed by atoms with Crippen LogP contribution in [0, 0.1) is 12.7 Å². The number of nitrogens with one attached hydrogen (secondary N) is 2. The molecular weight excluding hydrogens is 299 g/mol. The third-order valence-electron chi connectivity index (χ3n) is 4.43. The molecule has 1 saturated carbocycles. The van der Waals surface area contributed by atoms with E-state index in [0.29, 0.717) is 29.9 Å². The second kappa shape index (κ2) is 4.65. The first kappa shape index (κ1) is 13.9. The van der Waals surface area contributed by atoms with E-state index in [2.05, 4.69) is 15.3 Å². The molecule has 1 aliphatic carbocycles. The number of aromatic amines is 1. The van der Waals surface area contributed by atoms with Gasteiger partial charge in [0.15, 0.2) is 0 Å². The molecule has 3 amide bonds. The van der Waals surface area contributed by atoms with E-state index in [-0.39, 0.29) is 18.3 Å². The Kier molecular flexibility index (Phi) is 2.81. The molecule has 2 heterocycles. The van der Waals surface area contributed by atoms with Crippen molar-refractivity contribution >= 4 is 11.9 Å². The van der Waals surface area contributed by atoms with Gasteiger partial charge in [0.2, 0.25) is 0 Å². The van der Waals surface area contributed by atoms with Gasteiger partial charge in [-0.3, -0.25) is 4.79 Å². The summed E-state index contributed by atoms with van der Waals surface area (Å²) in [4.78, 5) is 32.5. The molecule has 23 heavy (non-hydrogen) atoms. The van der Waals surface area contributed by atoms with Crippen molar-refractivity contribution in [3.05, 3.63) is 41.6 Å². The lowest BCUT2D eigenvalue weighted by Crippen LogP contribution is -2.41. The molecule has 7 heteroatoms. The van der Waals surface area contributed by atoms with Crippen molar-refractivity contribution in [3.63, 3.8) is 0 Å². The summed E-state index contributed by atoms with van der Waals surface area (Å²) in [6.07, 6.45) is 2.87. The fraction of sp³-hybridized carbons (Fsp3) is 0.312. The summed E-state index contributed by atoms with van der Waals surface area (Å²) in [5.74, 6) is -0.0649. The SMILES string of the molecule is Cc1ccc(-c2cnc(C3(N4C(=O)CNC4=O)CC3)[nH]2)c(F)c1. The number of imidazole rings is 1. The molecule has 0 atom stereocenters. The monoisotopic (exact) mass is 314 g/mol. The Hall–Kier alpha value is -2.70. The Balaban J connectivity index is 1.71. The molecule has 118 valence electrons. The van der Waals surface area contributed by atoms with Gasteiger partial charge >= 0.3 is 6.03 Å². The van der Waals surface area contributed by atoms with Crippen molar-refractivity contribution in [1.29, 1.82) is 0 Å². The highest BCUT2D eigenvalue weighted by atomic mass is 19.1. The van der Waals surface area contributed by atoms with Crippen LogP contribution in [0.3, 0.4) is 0 Å². The second-order valence-corrected chi connectivity index (χ2v) is 6.05. The quantitative estimate of drug-likeness (QED) is 0.851. The first-order valence-electron chi connectivity index (χ1n) is 7.44. The molecule has 2 N–H and O–H groups in total. The molecule has 2 fully saturated rings. The highest BCUT2D eigenvalue weighted by Crippen LogP contribution is 2.50. The predicted octanol–water partition coefficient (Wildman–Crippen LogP) is 2.07. The van der Waals surface area contributed by atoms with E-state index in [1.54, 1.807) is 12.3 Å². The molecule has 0 bridgehead atoms. The summed E-state index contributed by atoms with van der Waals surface area (Å²) in [5, 5.41) is 2.52. The van der Waals surface area contributed by atoms with Crippen LogP contribution in [0.15, 0.2) is 24.4 Å². The Bertz CT molecular complexity index is 809. The third-order valence-corrected chi connectivity index (χ3v) is 4.43. The van der Waals surface area contributed by atoms with Crippen molar-refractivity contribution in [2.24, 2.45) is 0 Å². The zero-order valence-electron chi connectivity index (χ0n) is 12.5. The van der Waals surface area contributed by atoms with Crippen LogP contribution >= 0.6 is 0 Å². The lowest BCUT2D eigenvalue weighted by atomic mass is 10.1. The minimum absolute atomic E-state index is 0.0146. The number of carbonyl (C=O) groups excluding carboxylic acids is 2. The highest BCUT2D eigenvalue weighted by molar-refractivity contribution is 6.03. The Labute approximate surface area is 131 Å².